The quantitative estimate of drug-likeness (QED) is 0.607. The number of sulfonamides is 1. The van der Waals surface area contributed by atoms with Crippen molar-refractivity contribution in [1.82, 2.24) is 0 Å². The number of rotatable bonds is 3. The molecule has 0 aliphatic carbocycles. The summed E-state index contributed by atoms with van der Waals surface area (Å²) in [5.41, 5.74) is -0.0277. The predicted octanol–water partition coefficient (Wildman–Crippen LogP) is 1.35. The highest BCUT2D eigenvalue weighted by Crippen LogP contribution is 2.15. The predicted molar refractivity (Wildman–Crippen MR) is 61.9 cm³/mol. The van der Waals surface area contributed by atoms with Gasteiger partial charge in [-0.05, 0) is 18.4 Å². The van der Waals surface area contributed by atoms with Crippen LogP contribution >= 0.6 is 0 Å². The molecule has 1 atom stereocenters. The van der Waals surface area contributed by atoms with Crippen molar-refractivity contribution < 1.29 is 13.3 Å². The Morgan fingerprint density at radius 2 is 1.81 bits per heavy atom. The van der Waals surface area contributed by atoms with Crippen LogP contribution in [0, 0.1) is 10.1 Å². The van der Waals surface area contributed by atoms with Gasteiger partial charge in [-0.3, -0.25) is 10.1 Å². The first-order valence-electron chi connectivity index (χ1n) is 4.13. The lowest BCUT2D eigenvalue weighted by atomic mass is 10.3. The van der Waals surface area contributed by atoms with Crippen LogP contribution in [0.2, 0.25) is 0 Å². The second-order valence-corrected chi connectivity index (χ2v) is 6.53. The van der Waals surface area contributed by atoms with Crippen molar-refractivity contribution in [3.63, 3.8) is 0 Å². The van der Waals surface area contributed by atoms with Crippen LogP contribution in [-0.2, 0) is 20.7 Å². The van der Waals surface area contributed by atoms with E-state index in [4.69, 9.17) is 0 Å². The van der Waals surface area contributed by atoms with E-state index < -0.39 is 25.6 Å². The molecule has 0 spiro atoms. The molecule has 0 fully saturated rings. The van der Waals surface area contributed by atoms with Gasteiger partial charge in [0.25, 0.3) is 15.7 Å². The highest BCUT2D eigenvalue weighted by molar-refractivity contribution is 7.99. The lowest BCUT2D eigenvalue weighted by Crippen LogP contribution is -1.96. The van der Waals surface area contributed by atoms with E-state index in [2.05, 4.69) is 3.77 Å². The van der Waals surface area contributed by atoms with Gasteiger partial charge in [-0.15, -0.1) is 3.77 Å². The maximum atomic E-state index is 10.9. The van der Waals surface area contributed by atoms with Gasteiger partial charge in [-0.1, -0.05) is 10.7 Å². The number of nitrogens with zero attached hydrogens (tertiary/aromatic N) is 2. The van der Waals surface area contributed by atoms with E-state index in [-0.39, 0.29) is 5.69 Å². The van der Waals surface area contributed by atoms with Crippen molar-refractivity contribution in [2.75, 3.05) is 12.5 Å². The Morgan fingerprint density at radius 1 is 1.31 bits per heavy atom. The molecule has 8 heteroatoms. The van der Waals surface area contributed by atoms with Crippen LogP contribution in [0.15, 0.2) is 32.9 Å². The Balaban J connectivity index is 3.08. The van der Waals surface area contributed by atoms with E-state index in [0.29, 0.717) is 4.90 Å². The van der Waals surface area contributed by atoms with Crippen LogP contribution in [0.3, 0.4) is 0 Å². The average molecular weight is 262 g/mol. The molecule has 16 heavy (non-hydrogen) atoms. The van der Waals surface area contributed by atoms with Gasteiger partial charge in [0.05, 0.1) is 11.2 Å². The van der Waals surface area contributed by atoms with Crippen LogP contribution < -0.4 is 0 Å². The molecule has 88 valence electrons. The first kappa shape index (κ1) is 12.8. The van der Waals surface area contributed by atoms with Crippen molar-refractivity contribution in [1.29, 1.82) is 0 Å². The fourth-order valence-corrected chi connectivity index (χ4v) is 3.51. The molecule has 0 bridgehead atoms. The third-order valence-electron chi connectivity index (χ3n) is 1.64. The summed E-state index contributed by atoms with van der Waals surface area (Å²) in [5.74, 6) is 0. The molecule has 0 N–H and O–H groups in total. The monoisotopic (exact) mass is 262 g/mol. The first-order chi connectivity index (χ1) is 7.29. The Hall–Kier alpha value is -1.28. The van der Waals surface area contributed by atoms with E-state index in [1.54, 1.807) is 6.26 Å². The van der Waals surface area contributed by atoms with Crippen LogP contribution in [0.25, 0.3) is 0 Å². The molecule has 0 saturated carbocycles. The summed E-state index contributed by atoms with van der Waals surface area (Å²) in [6, 6.07) is 5.68. The number of hydrogen-bond donors (Lipinski definition) is 0. The third-order valence-corrected chi connectivity index (χ3v) is 4.57. The lowest BCUT2D eigenvalue weighted by Gasteiger charge is -2.00. The molecule has 1 aromatic rings. The minimum Gasteiger partial charge on any atom is -0.258 e. The second-order valence-electron chi connectivity index (χ2n) is 3.04. The first-order valence-corrected chi connectivity index (χ1v) is 7.57. The summed E-state index contributed by atoms with van der Waals surface area (Å²) in [6.07, 6.45) is 2.66. The smallest absolute Gasteiger partial charge is 0.258 e. The summed E-state index contributed by atoms with van der Waals surface area (Å²) in [7, 11) is -4.20. The molecule has 0 amide bonds. The zero-order valence-corrected chi connectivity index (χ0v) is 10.3. The second kappa shape index (κ2) is 4.71. The molecule has 0 radical (unpaired) electrons. The van der Waals surface area contributed by atoms with Gasteiger partial charge in [0.2, 0.25) is 0 Å². The van der Waals surface area contributed by atoms with E-state index in [1.165, 1.54) is 24.3 Å². The summed E-state index contributed by atoms with van der Waals surface area (Å²) in [4.78, 5) is 10.5. The van der Waals surface area contributed by atoms with Gasteiger partial charge in [0.15, 0.2) is 0 Å². The van der Waals surface area contributed by atoms with E-state index >= 15 is 0 Å². The van der Waals surface area contributed by atoms with E-state index in [9.17, 15) is 18.5 Å². The molecule has 0 aromatic heterocycles. The molecule has 1 aromatic carbocycles. The zero-order valence-electron chi connectivity index (χ0n) is 8.65. The highest BCUT2D eigenvalue weighted by Gasteiger charge is 2.06. The fraction of sp³-hybridized carbons (Fsp3) is 0.250. The molecule has 1 rings (SSSR count). The average Bonchev–Trinajstić information content (AvgIpc) is 2.15. The largest absolute Gasteiger partial charge is 0.269 e. The Bertz CT molecular complexity index is 534. The summed E-state index contributed by atoms with van der Waals surface area (Å²) in [5, 5.41) is 10.4. The molecule has 0 saturated heterocycles. The van der Waals surface area contributed by atoms with Crippen LogP contribution in [0.1, 0.15) is 0 Å². The molecular weight excluding hydrogens is 252 g/mol. The van der Waals surface area contributed by atoms with Crippen LogP contribution in [0.5, 0.6) is 0 Å². The van der Waals surface area contributed by atoms with E-state index in [0.717, 1.165) is 6.26 Å². The molecule has 6 nitrogen and oxygen atoms in total. The minimum absolute atomic E-state index is 0.0277. The maximum Gasteiger partial charge on any atom is 0.269 e. The molecule has 0 heterocycles. The van der Waals surface area contributed by atoms with Gasteiger partial charge in [-0.25, -0.2) is 8.42 Å². The Labute approximate surface area is 95.6 Å². The number of non-ortho nitro benzene ring substituents is 1. The maximum absolute atomic E-state index is 10.9. The van der Waals surface area contributed by atoms with Crippen molar-refractivity contribution in [3.8, 4) is 0 Å². The molecule has 1 unspecified atom stereocenters. The number of hydrogen-bond acceptors (Lipinski definition) is 4. The lowest BCUT2D eigenvalue weighted by molar-refractivity contribution is -0.384. The van der Waals surface area contributed by atoms with E-state index in [1.807, 2.05) is 0 Å². The zero-order chi connectivity index (χ0) is 12.3. The topological polar surface area (TPSA) is 89.6 Å². The SMILES string of the molecule is CS(=NS(C)(=O)=O)c1ccc([N+](=O)[O-])cc1. The van der Waals surface area contributed by atoms with Crippen molar-refractivity contribution in [3.05, 3.63) is 34.4 Å². The van der Waals surface area contributed by atoms with Crippen molar-refractivity contribution in [2.45, 2.75) is 4.90 Å². The summed E-state index contributed by atoms with van der Waals surface area (Å²) in [6.45, 7) is 0. The van der Waals surface area contributed by atoms with Gasteiger partial charge in [0, 0.05) is 17.0 Å². The fourth-order valence-electron chi connectivity index (χ4n) is 1.01. The number of benzene rings is 1. The molecular formula is C8H10N2O4S2. The number of nitro benzene ring substituents is 1. The highest BCUT2D eigenvalue weighted by atomic mass is 32.3. The Morgan fingerprint density at radius 3 is 2.19 bits per heavy atom. The van der Waals surface area contributed by atoms with Crippen LogP contribution in [0.4, 0.5) is 5.69 Å². The van der Waals surface area contributed by atoms with Gasteiger partial charge in [0.1, 0.15) is 0 Å². The van der Waals surface area contributed by atoms with Gasteiger partial charge >= 0.3 is 0 Å². The molecule has 0 aliphatic rings. The third kappa shape index (κ3) is 3.70. The molecule has 0 aliphatic heterocycles. The van der Waals surface area contributed by atoms with Crippen molar-refractivity contribution >= 4 is 26.4 Å². The normalized spacial score (nSPS) is 13.6. The summed E-state index contributed by atoms with van der Waals surface area (Å²) < 4.78 is 25.4. The Kier molecular flexibility index (Phi) is 3.76. The number of nitro groups is 1. The standard InChI is InChI=1S/C8H10N2O4S2/c1-15(9-16(2,13)14)8-5-3-7(4-6-8)10(11)12/h3-6H,1-2H3. The van der Waals surface area contributed by atoms with Crippen molar-refractivity contribution in [2.24, 2.45) is 3.77 Å². The van der Waals surface area contributed by atoms with Gasteiger partial charge < -0.3 is 0 Å². The summed E-state index contributed by atoms with van der Waals surface area (Å²) >= 11 is 0. The van der Waals surface area contributed by atoms with Crippen LogP contribution in [-0.4, -0.2) is 25.9 Å². The minimum atomic E-state index is -3.39. The van der Waals surface area contributed by atoms with Gasteiger partial charge in [-0.2, -0.15) is 0 Å².